The van der Waals surface area contributed by atoms with E-state index in [1.807, 2.05) is 0 Å². The quantitative estimate of drug-likeness (QED) is 0.238. The Morgan fingerprint density at radius 1 is 0.776 bits per heavy atom. The molecule has 6 rings (SSSR count). The maximum atomic E-state index is 14.6. The van der Waals surface area contributed by atoms with Gasteiger partial charge in [0.2, 0.25) is 0 Å². The van der Waals surface area contributed by atoms with Gasteiger partial charge in [0, 0.05) is 46.2 Å². The van der Waals surface area contributed by atoms with Crippen molar-refractivity contribution in [3.8, 4) is 0 Å². The topological polar surface area (TPSA) is 296 Å². The van der Waals surface area contributed by atoms with Crippen LogP contribution in [-0.2, 0) is 90.5 Å². The van der Waals surface area contributed by atoms with E-state index in [9.17, 15) is 53.1 Å². The number of ketones is 1. The smallest absolute Gasteiger partial charge is 0.340 e. The Bertz CT molecular complexity index is 2240. The molecular weight excluding hydrogens is 890 g/mol. The molecule has 5 aliphatic rings. The Kier molecular flexibility index (Phi) is 14.0. The number of esters is 9. The van der Waals surface area contributed by atoms with E-state index in [1.54, 1.807) is 6.92 Å². The van der Waals surface area contributed by atoms with Gasteiger partial charge in [-0.1, -0.05) is 20.8 Å². The number of rotatable bonds is 6. The number of hydrogen-bond acceptors (Lipinski definition) is 22. The highest BCUT2D eigenvalue weighted by molar-refractivity contribution is 6.01. The number of ether oxygens (including phenoxy) is 10. The van der Waals surface area contributed by atoms with Gasteiger partial charge in [-0.3, -0.25) is 48.1 Å². The molecule has 3 aliphatic heterocycles. The Morgan fingerprint density at radius 3 is 2.00 bits per heavy atom. The van der Waals surface area contributed by atoms with Gasteiger partial charge in [-0.25, -0.2) is 4.79 Å². The Hall–Kier alpha value is -6.03. The second-order valence-electron chi connectivity index (χ2n) is 18.2. The molecule has 2 saturated carbocycles. The summed E-state index contributed by atoms with van der Waals surface area (Å²) in [4.78, 5) is 143. The van der Waals surface area contributed by atoms with Crippen LogP contribution in [0.1, 0.15) is 104 Å². The van der Waals surface area contributed by atoms with E-state index >= 15 is 0 Å². The number of Topliss-reactive ketones (excluding diaryl/α,β-unsaturated/α-hetero) is 1. The summed E-state index contributed by atoms with van der Waals surface area (Å²) < 4.78 is 60.5. The Balaban J connectivity index is 1.81. The summed E-state index contributed by atoms with van der Waals surface area (Å²) >= 11 is 0. The minimum atomic E-state index is -2.98. The van der Waals surface area contributed by atoms with E-state index in [2.05, 4.69) is 4.98 Å². The van der Waals surface area contributed by atoms with Gasteiger partial charge in [0.1, 0.15) is 53.7 Å². The molecule has 1 aromatic rings. The summed E-state index contributed by atoms with van der Waals surface area (Å²) in [7, 11) is 1.01. The normalized spacial score (nSPS) is 38.6. The maximum Gasteiger partial charge on any atom is 0.340 e. The molecule has 67 heavy (non-hydrogen) atoms. The molecule has 1 aromatic heterocycles. The minimum Gasteiger partial charge on any atom is -0.469 e. The monoisotopic (exact) mass is 945 g/mol. The number of methoxy groups -OCH3 is 1. The van der Waals surface area contributed by atoms with Gasteiger partial charge >= 0.3 is 53.7 Å². The fourth-order valence-electron chi connectivity index (χ4n) is 10.6. The second-order valence-corrected chi connectivity index (χ2v) is 18.2. The van der Waals surface area contributed by atoms with Gasteiger partial charge in [0.25, 0.3) is 0 Å². The van der Waals surface area contributed by atoms with E-state index in [0.29, 0.717) is 0 Å². The Morgan fingerprint density at radius 2 is 1.39 bits per heavy atom. The molecule has 22 nitrogen and oxygen atoms in total. The summed E-state index contributed by atoms with van der Waals surface area (Å²) in [5.41, 5.74) is -11.0. The van der Waals surface area contributed by atoms with Crippen molar-refractivity contribution in [3.63, 3.8) is 0 Å². The zero-order valence-corrected chi connectivity index (χ0v) is 38.7. The van der Waals surface area contributed by atoms with Crippen LogP contribution in [0.3, 0.4) is 0 Å². The molecule has 4 unspecified atom stereocenters. The highest BCUT2D eigenvalue weighted by Crippen LogP contribution is 2.70. The predicted octanol–water partition coefficient (Wildman–Crippen LogP) is 1.17. The van der Waals surface area contributed by atoms with Crippen molar-refractivity contribution in [2.24, 2.45) is 29.1 Å². The molecular formula is C45H55NO21. The number of carbonyl (C=O) groups excluding carboxylic acids is 10. The second kappa shape index (κ2) is 18.6. The molecule has 0 aromatic carbocycles. The standard InChI is InChI=1S/C45H55NO21/c1-19-13-14-28(51)27(16-29(52)58-10)41(56)60-18-44-36(63-24(6)49)32(65-38(19)53)30-34(62-23(5)48)45(44)43(9,57)35(33(61-22(4)47)37(44)64-25(7)50)66-39(54)21(3)20(2)31-26(12-11-15-46-31)40(55)59-17-42(30,8)67-45/h11-12,15,19-21,27,30,32-37,57H,13-14,16-18H2,1-10H3/t19?,20?,21?,27?,30-,32-,33+,34-,35+,36-,37+,42+,43+,44-,45+/m1/s1. The number of pyridine rings is 1. The van der Waals surface area contributed by atoms with E-state index in [4.69, 9.17) is 47.4 Å². The van der Waals surface area contributed by atoms with Crippen LogP contribution in [-0.4, -0.2) is 143 Å². The molecule has 4 heterocycles. The molecule has 2 aliphatic carbocycles. The van der Waals surface area contributed by atoms with Crippen LogP contribution >= 0.6 is 0 Å². The molecule has 4 fully saturated rings. The fraction of sp³-hybridized carbons (Fsp3) is 0.667. The lowest BCUT2D eigenvalue weighted by atomic mass is 9.45. The van der Waals surface area contributed by atoms with Crippen molar-refractivity contribution in [1.29, 1.82) is 0 Å². The van der Waals surface area contributed by atoms with Gasteiger partial charge in [-0.05, 0) is 32.4 Å². The average molecular weight is 946 g/mol. The van der Waals surface area contributed by atoms with Crippen molar-refractivity contribution in [2.75, 3.05) is 20.3 Å². The summed E-state index contributed by atoms with van der Waals surface area (Å²) in [6, 6.07) is 2.84. The fourth-order valence-corrected chi connectivity index (χ4v) is 10.6. The van der Waals surface area contributed by atoms with Crippen molar-refractivity contribution in [3.05, 3.63) is 29.6 Å². The lowest BCUT2D eigenvalue weighted by Crippen LogP contribution is -2.89. The maximum absolute atomic E-state index is 14.6. The average Bonchev–Trinajstić information content (AvgIpc) is 3.47. The third-order valence-electron chi connectivity index (χ3n) is 13.8. The van der Waals surface area contributed by atoms with Crippen LogP contribution in [0.25, 0.3) is 0 Å². The highest BCUT2D eigenvalue weighted by Gasteiger charge is 2.92. The number of aromatic nitrogens is 1. The van der Waals surface area contributed by atoms with Crippen LogP contribution in [0.15, 0.2) is 18.3 Å². The van der Waals surface area contributed by atoms with E-state index in [1.165, 1.54) is 39.1 Å². The van der Waals surface area contributed by atoms with Gasteiger partial charge < -0.3 is 52.5 Å². The van der Waals surface area contributed by atoms with Crippen molar-refractivity contribution >= 4 is 59.5 Å². The first-order valence-corrected chi connectivity index (χ1v) is 21.7. The third-order valence-corrected chi connectivity index (χ3v) is 13.8. The van der Waals surface area contributed by atoms with E-state index < -0.39 is 174 Å². The van der Waals surface area contributed by atoms with Crippen LogP contribution < -0.4 is 0 Å². The van der Waals surface area contributed by atoms with Crippen molar-refractivity contribution < 1.29 is 100 Å². The van der Waals surface area contributed by atoms with Gasteiger partial charge in [0.05, 0.1) is 42.5 Å². The van der Waals surface area contributed by atoms with Crippen molar-refractivity contribution in [2.45, 2.75) is 141 Å². The molecule has 0 radical (unpaired) electrons. The number of nitrogens with zero attached hydrogens (tertiary/aromatic N) is 1. The van der Waals surface area contributed by atoms with Crippen LogP contribution in [0, 0.1) is 29.1 Å². The SMILES string of the molecule is COC(=O)CC1C(=O)CCC(C)C(=O)O[C@@H]2[C@@H]3[C@@H](OC(C)=O)[C@@]45O[C@@]3(C)COC(=O)c3cccnc3C(C)C(C)C(=O)O[C@@H]([C@H](OC(C)=O)[C@H](OC(C)=O)[C@@]4(COC1=O)[C@@H]2OC(C)=O)[C@]5(C)O. The van der Waals surface area contributed by atoms with Crippen LogP contribution in [0.2, 0.25) is 0 Å². The highest BCUT2D eigenvalue weighted by atomic mass is 16.7. The number of carbonyl (C=O) groups is 10. The van der Waals surface area contributed by atoms with Gasteiger partial charge in [0.15, 0.2) is 30.0 Å². The largest absolute Gasteiger partial charge is 0.469 e. The summed E-state index contributed by atoms with van der Waals surface area (Å²) in [5, 5.41) is 13.7. The van der Waals surface area contributed by atoms with Crippen molar-refractivity contribution in [1.82, 2.24) is 4.98 Å². The van der Waals surface area contributed by atoms with Crippen LogP contribution in [0.5, 0.6) is 0 Å². The molecule has 2 spiro atoms. The first-order chi connectivity index (χ1) is 31.3. The number of aliphatic hydroxyl groups is 1. The van der Waals surface area contributed by atoms with E-state index in [-0.39, 0.29) is 17.7 Å². The number of hydrogen-bond donors (Lipinski definition) is 1. The lowest BCUT2D eigenvalue weighted by molar-refractivity contribution is -0.387. The summed E-state index contributed by atoms with van der Waals surface area (Å²) in [6.07, 6.45) is -13.2. The number of cyclic esters (lactones) is 2. The molecule has 22 heteroatoms. The molecule has 15 atom stereocenters. The van der Waals surface area contributed by atoms with E-state index in [0.717, 1.165) is 41.7 Å². The summed E-state index contributed by atoms with van der Waals surface area (Å²) in [5.74, 6) is -17.9. The predicted molar refractivity (Wildman–Crippen MR) is 217 cm³/mol. The zero-order chi connectivity index (χ0) is 49.7. The molecule has 0 amide bonds. The molecule has 366 valence electrons. The van der Waals surface area contributed by atoms with Crippen LogP contribution in [0.4, 0.5) is 0 Å². The van der Waals surface area contributed by atoms with Gasteiger partial charge in [-0.15, -0.1) is 0 Å². The molecule has 1 N–H and O–H groups in total. The zero-order valence-electron chi connectivity index (χ0n) is 38.7. The lowest BCUT2D eigenvalue weighted by Gasteiger charge is -2.67. The minimum absolute atomic E-state index is 0.0891. The summed E-state index contributed by atoms with van der Waals surface area (Å²) in [6.45, 7) is 8.31. The number of fused-ring (bicyclic) bond motifs is 7. The Labute approximate surface area is 384 Å². The van der Waals surface area contributed by atoms with Gasteiger partial charge in [-0.2, -0.15) is 0 Å². The first kappa shape index (κ1) is 50.4. The molecule has 2 saturated heterocycles. The third kappa shape index (κ3) is 8.50. The first-order valence-electron chi connectivity index (χ1n) is 21.7. The molecule has 6 bridgehead atoms.